The fourth-order valence-electron chi connectivity index (χ4n) is 4.12. The summed E-state index contributed by atoms with van der Waals surface area (Å²) in [5.74, 6) is 0.190. The van der Waals surface area contributed by atoms with Gasteiger partial charge in [0.1, 0.15) is 5.82 Å². The second-order valence-electron chi connectivity index (χ2n) is 9.24. The molecule has 2 heterocycles. The van der Waals surface area contributed by atoms with E-state index in [-0.39, 0.29) is 0 Å². The number of carboxylic acids is 1. The monoisotopic (exact) mass is 513 g/mol. The van der Waals surface area contributed by atoms with Gasteiger partial charge in [-0.3, -0.25) is 0 Å². The van der Waals surface area contributed by atoms with E-state index in [1.54, 1.807) is 14.2 Å². The molecule has 2 aliphatic rings. The highest BCUT2D eigenvalue weighted by Crippen LogP contribution is 2.35. The largest absolute Gasteiger partial charge is 0.493 e. The molecule has 12 heteroatoms. The number of piperidine rings is 1. The molecule has 0 bridgehead atoms. The lowest BCUT2D eigenvalue weighted by Gasteiger charge is -2.35. The number of ether oxygens (including phenoxy) is 2. The van der Waals surface area contributed by atoms with Crippen molar-refractivity contribution >= 4 is 28.6 Å². The molecule has 0 amide bonds. The summed E-state index contributed by atoms with van der Waals surface area (Å²) in [6.45, 7) is 6.76. The van der Waals surface area contributed by atoms with Crippen LogP contribution in [-0.2, 0) is 4.79 Å². The Morgan fingerprint density at radius 3 is 2.06 bits per heavy atom. The van der Waals surface area contributed by atoms with Crippen molar-refractivity contribution in [3.63, 3.8) is 0 Å². The molecule has 4 rings (SSSR count). The van der Waals surface area contributed by atoms with Crippen molar-refractivity contribution in [2.45, 2.75) is 70.3 Å². The number of hydrogen-bond donors (Lipinski definition) is 3. The van der Waals surface area contributed by atoms with E-state index in [1.165, 1.54) is 19.3 Å². The van der Waals surface area contributed by atoms with E-state index in [1.807, 2.05) is 12.1 Å². The molecule has 0 atom stereocenters. The number of methoxy groups -OCH3 is 2. The van der Waals surface area contributed by atoms with Gasteiger partial charge in [-0.05, 0) is 52.0 Å². The molecule has 36 heavy (non-hydrogen) atoms. The van der Waals surface area contributed by atoms with E-state index in [9.17, 15) is 13.2 Å². The first-order chi connectivity index (χ1) is 17.0. The van der Waals surface area contributed by atoms with Gasteiger partial charge in [-0.1, -0.05) is 0 Å². The Morgan fingerprint density at radius 2 is 1.58 bits per heavy atom. The topological polar surface area (TPSA) is 109 Å². The summed E-state index contributed by atoms with van der Waals surface area (Å²) >= 11 is 0. The van der Waals surface area contributed by atoms with Gasteiger partial charge in [0.15, 0.2) is 11.5 Å². The number of aliphatic carboxylic acids is 1. The Kier molecular flexibility index (Phi) is 9.04. The molecule has 9 nitrogen and oxygen atoms in total. The highest BCUT2D eigenvalue weighted by atomic mass is 19.4. The van der Waals surface area contributed by atoms with Crippen molar-refractivity contribution in [2.24, 2.45) is 0 Å². The van der Waals surface area contributed by atoms with Gasteiger partial charge < -0.3 is 30.1 Å². The Balaban J connectivity index is 0.000000454. The summed E-state index contributed by atoms with van der Waals surface area (Å²) in [5.41, 5.74) is 0.863. The summed E-state index contributed by atoms with van der Waals surface area (Å²) in [4.78, 5) is 21.1. The number of aromatic nitrogens is 2. The zero-order valence-corrected chi connectivity index (χ0v) is 21.0. The molecule has 0 radical (unpaired) electrons. The van der Waals surface area contributed by atoms with Crippen molar-refractivity contribution in [1.82, 2.24) is 14.9 Å². The van der Waals surface area contributed by atoms with Crippen LogP contribution in [0.25, 0.3) is 10.9 Å². The summed E-state index contributed by atoms with van der Waals surface area (Å²) in [6, 6.07) is 5.41. The van der Waals surface area contributed by atoms with E-state index in [0.717, 1.165) is 42.7 Å². The van der Waals surface area contributed by atoms with Crippen molar-refractivity contribution in [3.8, 4) is 11.5 Å². The van der Waals surface area contributed by atoms with Gasteiger partial charge >= 0.3 is 12.1 Å². The van der Waals surface area contributed by atoms with Gasteiger partial charge in [-0.25, -0.2) is 9.78 Å². The summed E-state index contributed by atoms with van der Waals surface area (Å²) in [7, 11) is 3.31. The van der Waals surface area contributed by atoms with Crippen LogP contribution < -0.4 is 20.1 Å². The molecule has 3 N–H and O–H groups in total. The van der Waals surface area contributed by atoms with Crippen LogP contribution in [0.15, 0.2) is 12.1 Å². The highest BCUT2D eigenvalue weighted by molar-refractivity contribution is 5.92. The fraction of sp³-hybridized carbons (Fsp3) is 0.625. The number of nitrogens with zero attached hydrogens (tertiary/aromatic N) is 3. The predicted octanol–water partition coefficient (Wildman–Crippen LogP) is 4.53. The first kappa shape index (κ1) is 27.6. The number of benzene rings is 1. The van der Waals surface area contributed by atoms with Crippen molar-refractivity contribution < 1.29 is 32.5 Å². The summed E-state index contributed by atoms with van der Waals surface area (Å²) in [6.07, 6.45) is 0.786. The quantitative estimate of drug-likeness (QED) is 0.492. The van der Waals surface area contributed by atoms with Crippen LogP contribution >= 0.6 is 0 Å². The fourth-order valence-corrected chi connectivity index (χ4v) is 4.12. The number of rotatable bonds is 7. The van der Waals surface area contributed by atoms with E-state index in [4.69, 9.17) is 29.3 Å². The second-order valence-corrected chi connectivity index (χ2v) is 9.24. The lowest BCUT2D eigenvalue weighted by Crippen LogP contribution is -2.42. The minimum absolute atomic E-state index is 0.410. The van der Waals surface area contributed by atoms with Crippen molar-refractivity contribution in [2.75, 3.05) is 37.9 Å². The molecule has 1 saturated heterocycles. The van der Waals surface area contributed by atoms with E-state index in [0.29, 0.717) is 35.6 Å². The standard InChI is InChI=1S/C22H33N5O2.C2HF3O2/c1-14(2)27-10-8-16(9-11-27)23-21-17-12-19(28-3)20(29-4)13-18(17)25-22(26-21)24-15-6-5-7-15;3-2(4,5)1(6)7/h12-16H,5-11H2,1-4H3,(H2,23,24,25,26);(H,6,7). The van der Waals surface area contributed by atoms with Crippen LogP contribution in [0.2, 0.25) is 0 Å². The number of alkyl halides is 3. The highest BCUT2D eigenvalue weighted by Gasteiger charge is 2.38. The van der Waals surface area contributed by atoms with Gasteiger partial charge in [0.25, 0.3) is 0 Å². The lowest BCUT2D eigenvalue weighted by molar-refractivity contribution is -0.192. The first-order valence-corrected chi connectivity index (χ1v) is 12.0. The molecule has 1 aromatic heterocycles. The lowest BCUT2D eigenvalue weighted by atomic mass is 9.93. The summed E-state index contributed by atoms with van der Waals surface area (Å²) < 4.78 is 42.7. The minimum atomic E-state index is -5.08. The Hall–Kier alpha value is -3.02. The molecule has 2 aromatic rings. The third-order valence-corrected chi connectivity index (χ3v) is 6.48. The number of nitrogens with one attached hydrogen (secondary N) is 2. The van der Waals surface area contributed by atoms with E-state index in [2.05, 4.69) is 29.4 Å². The predicted molar refractivity (Wildman–Crippen MR) is 131 cm³/mol. The Morgan fingerprint density at radius 1 is 1.03 bits per heavy atom. The number of likely N-dealkylation sites (tertiary alicyclic amines) is 1. The van der Waals surface area contributed by atoms with Crippen LogP contribution in [0.3, 0.4) is 0 Å². The molecular formula is C24H34F3N5O4. The van der Waals surface area contributed by atoms with Gasteiger partial charge in [-0.15, -0.1) is 0 Å². The van der Waals surface area contributed by atoms with E-state index < -0.39 is 12.1 Å². The molecule has 2 fully saturated rings. The smallest absolute Gasteiger partial charge is 0.490 e. The third-order valence-electron chi connectivity index (χ3n) is 6.48. The number of carboxylic acid groups (broad SMARTS) is 1. The van der Waals surface area contributed by atoms with Gasteiger partial charge in [0.2, 0.25) is 5.95 Å². The maximum atomic E-state index is 10.6. The zero-order chi connectivity index (χ0) is 26.5. The molecule has 200 valence electrons. The first-order valence-electron chi connectivity index (χ1n) is 12.0. The van der Waals surface area contributed by atoms with Crippen LogP contribution in [0.4, 0.5) is 24.9 Å². The molecule has 1 aliphatic heterocycles. The van der Waals surface area contributed by atoms with E-state index >= 15 is 0 Å². The average molecular weight is 514 g/mol. The Bertz CT molecular complexity index is 1040. The van der Waals surface area contributed by atoms with Crippen molar-refractivity contribution in [1.29, 1.82) is 0 Å². The van der Waals surface area contributed by atoms with Crippen molar-refractivity contribution in [3.05, 3.63) is 12.1 Å². The zero-order valence-electron chi connectivity index (χ0n) is 21.0. The number of hydrogen-bond acceptors (Lipinski definition) is 8. The summed E-state index contributed by atoms with van der Waals surface area (Å²) in [5, 5.41) is 15.3. The number of anilines is 2. The molecule has 0 spiro atoms. The van der Waals surface area contributed by atoms with Gasteiger partial charge in [0.05, 0.1) is 19.7 Å². The Labute approximate surface area is 208 Å². The molecule has 0 unspecified atom stereocenters. The van der Waals surface area contributed by atoms with Crippen LogP contribution in [0.1, 0.15) is 46.0 Å². The van der Waals surface area contributed by atoms with Gasteiger partial charge in [0, 0.05) is 42.7 Å². The molecule has 1 aromatic carbocycles. The minimum Gasteiger partial charge on any atom is -0.493 e. The normalized spacial score (nSPS) is 17.2. The SMILES string of the molecule is COc1cc2nc(NC3CCC3)nc(NC3CCN(C(C)C)CC3)c2cc1OC.O=C(O)C(F)(F)F. The number of carbonyl (C=O) groups is 1. The van der Waals surface area contributed by atoms with Crippen LogP contribution in [0.5, 0.6) is 11.5 Å². The van der Waals surface area contributed by atoms with Crippen LogP contribution in [0, 0.1) is 0 Å². The molecule has 1 saturated carbocycles. The molecule has 1 aliphatic carbocycles. The maximum absolute atomic E-state index is 10.6. The number of halogens is 3. The average Bonchev–Trinajstić information content (AvgIpc) is 2.80. The third kappa shape index (κ3) is 7.02. The van der Waals surface area contributed by atoms with Crippen LogP contribution in [-0.4, -0.2) is 77.6 Å². The molecular weight excluding hydrogens is 479 g/mol. The maximum Gasteiger partial charge on any atom is 0.490 e. The second kappa shape index (κ2) is 11.8. The number of fused-ring (bicyclic) bond motifs is 1. The van der Waals surface area contributed by atoms with Gasteiger partial charge in [-0.2, -0.15) is 18.2 Å².